The summed E-state index contributed by atoms with van der Waals surface area (Å²) in [5.74, 6) is 0.601. The summed E-state index contributed by atoms with van der Waals surface area (Å²) in [5.41, 5.74) is 0. The lowest BCUT2D eigenvalue weighted by Crippen LogP contribution is -2.48. The van der Waals surface area contributed by atoms with E-state index in [-0.39, 0.29) is 18.1 Å². The van der Waals surface area contributed by atoms with Gasteiger partial charge in [-0.1, -0.05) is 17.8 Å². The Morgan fingerprint density at radius 3 is 2.78 bits per heavy atom. The zero-order valence-electron chi connectivity index (χ0n) is 10.7. The zero-order chi connectivity index (χ0) is 13.0. The van der Waals surface area contributed by atoms with Crippen LogP contribution < -0.4 is 0 Å². The van der Waals surface area contributed by atoms with Crippen LogP contribution in [0, 0.1) is 0 Å². The van der Waals surface area contributed by atoms with Gasteiger partial charge in [0.05, 0.1) is 23.0 Å². The fraction of sp³-hybridized carbons (Fsp3) is 0.538. The molecule has 2 heterocycles. The number of nitrogens with zero attached hydrogens (tertiary/aromatic N) is 2. The Balaban J connectivity index is 1.84. The van der Waals surface area contributed by atoms with Gasteiger partial charge in [0.2, 0.25) is 5.91 Å². The molecule has 0 radical (unpaired) electrons. The summed E-state index contributed by atoms with van der Waals surface area (Å²) in [7, 11) is 0. The van der Waals surface area contributed by atoms with Crippen LogP contribution in [0.1, 0.15) is 13.8 Å². The number of amides is 1. The number of carbonyl (C=O) groups excluding carboxylic acids is 1. The quantitative estimate of drug-likeness (QED) is 0.783. The lowest BCUT2D eigenvalue weighted by Gasteiger charge is -2.35. The van der Waals surface area contributed by atoms with Gasteiger partial charge in [0.25, 0.3) is 0 Å². The van der Waals surface area contributed by atoms with Crippen LogP contribution in [0.15, 0.2) is 29.4 Å². The van der Waals surface area contributed by atoms with E-state index in [1.165, 1.54) is 11.8 Å². The highest BCUT2D eigenvalue weighted by Crippen LogP contribution is 2.17. The SMILES string of the molecule is C[C@@H]1CN(C(=O)CSc2ccccn2)C[C@@H](C)O1. The molecule has 1 amide bonds. The Bertz CT molecular complexity index is 389. The smallest absolute Gasteiger partial charge is 0.233 e. The van der Waals surface area contributed by atoms with E-state index < -0.39 is 0 Å². The fourth-order valence-corrected chi connectivity index (χ4v) is 2.81. The first-order valence-electron chi connectivity index (χ1n) is 6.12. The van der Waals surface area contributed by atoms with Gasteiger partial charge in [0.1, 0.15) is 0 Å². The largest absolute Gasteiger partial charge is 0.372 e. The van der Waals surface area contributed by atoms with Crippen molar-refractivity contribution in [1.82, 2.24) is 9.88 Å². The van der Waals surface area contributed by atoms with Gasteiger partial charge < -0.3 is 9.64 Å². The molecule has 0 unspecified atom stereocenters. The summed E-state index contributed by atoms with van der Waals surface area (Å²) >= 11 is 1.48. The number of aromatic nitrogens is 1. The molecule has 4 nitrogen and oxygen atoms in total. The molecule has 1 aliphatic heterocycles. The van der Waals surface area contributed by atoms with E-state index in [1.807, 2.05) is 36.9 Å². The molecule has 2 rings (SSSR count). The Labute approximate surface area is 112 Å². The summed E-state index contributed by atoms with van der Waals surface area (Å²) < 4.78 is 5.62. The molecule has 1 aliphatic rings. The van der Waals surface area contributed by atoms with Crippen molar-refractivity contribution >= 4 is 17.7 Å². The highest BCUT2D eigenvalue weighted by Gasteiger charge is 2.25. The van der Waals surface area contributed by atoms with Crippen LogP contribution in [0.5, 0.6) is 0 Å². The number of pyridine rings is 1. The minimum absolute atomic E-state index is 0.123. The second kappa shape index (κ2) is 6.20. The molecule has 0 aliphatic carbocycles. The molecule has 1 saturated heterocycles. The lowest BCUT2D eigenvalue weighted by atomic mass is 10.2. The van der Waals surface area contributed by atoms with Gasteiger partial charge in [-0.15, -0.1) is 0 Å². The number of rotatable bonds is 3. The summed E-state index contributed by atoms with van der Waals surface area (Å²) in [6.07, 6.45) is 1.99. The molecule has 98 valence electrons. The Morgan fingerprint density at radius 2 is 2.17 bits per heavy atom. The maximum Gasteiger partial charge on any atom is 0.233 e. The molecule has 0 bridgehead atoms. The van der Waals surface area contributed by atoms with Crippen molar-refractivity contribution in [1.29, 1.82) is 0 Å². The van der Waals surface area contributed by atoms with Gasteiger partial charge in [-0.25, -0.2) is 4.98 Å². The number of thioether (sulfide) groups is 1. The summed E-state index contributed by atoms with van der Waals surface area (Å²) in [6.45, 7) is 5.38. The summed E-state index contributed by atoms with van der Waals surface area (Å²) in [6, 6.07) is 5.72. The molecule has 0 N–H and O–H groups in total. The molecule has 5 heteroatoms. The predicted molar refractivity (Wildman–Crippen MR) is 71.6 cm³/mol. The van der Waals surface area contributed by atoms with E-state index in [4.69, 9.17) is 4.74 Å². The molecular weight excluding hydrogens is 248 g/mol. The molecular formula is C13H18N2O2S. The van der Waals surface area contributed by atoms with Crippen LogP contribution in [-0.2, 0) is 9.53 Å². The van der Waals surface area contributed by atoms with E-state index in [1.54, 1.807) is 6.20 Å². The fourth-order valence-electron chi connectivity index (χ4n) is 2.04. The van der Waals surface area contributed by atoms with E-state index in [2.05, 4.69) is 4.98 Å². The van der Waals surface area contributed by atoms with Crippen LogP contribution >= 0.6 is 11.8 Å². The van der Waals surface area contributed by atoms with Crippen molar-refractivity contribution in [2.75, 3.05) is 18.8 Å². The van der Waals surface area contributed by atoms with E-state index in [9.17, 15) is 4.79 Å². The van der Waals surface area contributed by atoms with E-state index in [0.717, 1.165) is 5.03 Å². The number of carbonyl (C=O) groups is 1. The molecule has 1 aromatic heterocycles. The Morgan fingerprint density at radius 1 is 1.44 bits per heavy atom. The summed E-state index contributed by atoms with van der Waals surface area (Å²) in [4.78, 5) is 18.2. The first-order chi connectivity index (χ1) is 8.65. The third-order valence-corrected chi connectivity index (χ3v) is 3.68. The van der Waals surface area contributed by atoms with Crippen molar-refractivity contribution < 1.29 is 9.53 Å². The molecule has 0 saturated carbocycles. The average Bonchev–Trinajstić information content (AvgIpc) is 2.36. The highest BCUT2D eigenvalue weighted by molar-refractivity contribution is 7.99. The molecule has 2 atom stereocenters. The van der Waals surface area contributed by atoms with Crippen molar-refractivity contribution in [2.24, 2.45) is 0 Å². The van der Waals surface area contributed by atoms with Crippen LogP contribution in [0.25, 0.3) is 0 Å². The Hall–Kier alpha value is -1.07. The maximum absolute atomic E-state index is 12.1. The number of morpholine rings is 1. The van der Waals surface area contributed by atoms with Crippen LogP contribution in [0.4, 0.5) is 0 Å². The van der Waals surface area contributed by atoms with Gasteiger partial charge in [0.15, 0.2) is 0 Å². The number of hydrogen-bond donors (Lipinski definition) is 0. The topological polar surface area (TPSA) is 42.4 Å². The van der Waals surface area contributed by atoms with Crippen molar-refractivity contribution in [3.63, 3.8) is 0 Å². The third-order valence-electron chi connectivity index (χ3n) is 2.75. The second-order valence-electron chi connectivity index (χ2n) is 4.51. The standard InChI is InChI=1S/C13H18N2O2S/c1-10-7-15(8-11(2)17-10)13(16)9-18-12-5-3-4-6-14-12/h3-6,10-11H,7-9H2,1-2H3/t10-,11-/m1/s1. The maximum atomic E-state index is 12.1. The number of ether oxygens (including phenoxy) is 1. The van der Waals surface area contributed by atoms with E-state index in [0.29, 0.717) is 18.8 Å². The van der Waals surface area contributed by atoms with Crippen molar-refractivity contribution in [3.8, 4) is 0 Å². The molecule has 1 fully saturated rings. The first kappa shape index (κ1) is 13.4. The molecule has 0 spiro atoms. The van der Waals surface area contributed by atoms with E-state index >= 15 is 0 Å². The van der Waals surface area contributed by atoms with Gasteiger partial charge in [-0.3, -0.25) is 4.79 Å². The van der Waals surface area contributed by atoms with Crippen LogP contribution in [0.2, 0.25) is 0 Å². The lowest BCUT2D eigenvalue weighted by molar-refractivity contribution is -0.140. The average molecular weight is 266 g/mol. The monoisotopic (exact) mass is 266 g/mol. The highest BCUT2D eigenvalue weighted by atomic mass is 32.2. The second-order valence-corrected chi connectivity index (χ2v) is 5.51. The molecule has 18 heavy (non-hydrogen) atoms. The minimum atomic E-state index is 0.123. The number of hydrogen-bond acceptors (Lipinski definition) is 4. The minimum Gasteiger partial charge on any atom is -0.372 e. The summed E-state index contributed by atoms with van der Waals surface area (Å²) in [5, 5.41) is 0.889. The zero-order valence-corrected chi connectivity index (χ0v) is 11.5. The van der Waals surface area contributed by atoms with Crippen LogP contribution in [-0.4, -0.2) is 46.8 Å². The first-order valence-corrected chi connectivity index (χ1v) is 7.11. The normalized spacial score (nSPS) is 24.0. The Kier molecular flexibility index (Phi) is 4.60. The van der Waals surface area contributed by atoms with Crippen LogP contribution in [0.3, 0.4) is 0 Å². The van der Waals surface area contributed by atoms with Crippen molar-refractivity contribution in [3.05, 3.63) is 24.4 Å². The van der Waals surface area contributed by atoms with Gasteiger partial charge in [0, 0.05) is 19.3 Å². The predicted octanol–water partition coefficient (Wildman–Crippen LogP) is 1.81. The molecule has 1 aromatic rings. The van der Waals surface area contributed by atoms with Gasteiger partial charge >= 0.3 is 0 Å². The van der Waals surface area contributed by atoms with Gasteiger partial charge in [-0.05, 0) is 26.0 Å². The van der Waals surface area contributed by atoms with Gasteiger partial charge in [-0.2, -0.15) is 0 Å². The molecule has 0 aromatic carbocycles. The van der Waals surface area contributed by atoms with Crippen molar-refractivity contribution in [2.45, 2.75) is 31.1 Å². The third kappa shape index (κ3) is 3.71.